The molecule has 4 rings (SSSR count). The summed E-state index contributed by atoms with van der Waals surface area (Å²) in [6.45, 7) is 4.70. The van der Waals surface area contributed by atoms with Crippen molar-refractivity contribution < 1.29 is 9.13 Å². The SMILES string of the molecule is Fc1ccc(N2CCN(Cc3cccc(Oc4ccc(Cl)cc4)c3)CC2)cc1. The van der Waals surface area contributed by atoms with E-state index in [0.717, 1.165) is 49.9 Å². The van der Waals surface area contributed by atoms with Crippen molar-refractivity contribution in [1.29, 1.82) is 0 Å². The van der Waals surface area contributed by atoms with Gasteiger partial charge in [-0.1, -0.05) is 23.7 Å². The highest BCUT2D eigenvalue weighted by Gasteiger charge is 2.17. The summed E-state index contributed by atoms with van der Waals surface area (Å²) in [5.41, 5.74) is 2.31. The Morgan fingerprint density at radius 3 is 2.25 bits per heavy atom. The zero-order chi connectivity index (χ0) is 19.3. The van der Waals surface area contributed by atoms with Crippen LogP contribution in [0.25, 0.3) is 0 Å². The van der Waals surface area contributed by atoms with E-state index in [2.05, 4.69) is 21.9 Å². The Labute approximate surface area is 169 Å². The van der Waals surface area contributed by atoms with Crippen molar-refractivity contribution in [2.24, 2.45) is 0 Å². The molecule has 0 spiro atoms. The van der Waals surface area contributed by atoms with E-state index in [-0.39, 0.29) is 5.82 Å². The second kappa shape index (κ2) is 8.63. The largest absolute Gasteiger partial charge is 0.457 e. The molecule has 1 heterocycles. The number of nitrogens with zero attached hydrogens (tertiary/aromatic N) is 2. The van der Waals surface area contributed by atoms with E-state index >= 15 is 0 Å². The smallest absolute Gasteiger partial charge is 0.127 e. The van der Waals surface area contributed by atoms with Crippen LogP contribution in [-0.4, -0.2) is 31.1 Å². The van der Waals surface area contributed by atoms with Crippen LogP contribution in [0.4, 0.5) is 10.1 Å². The monoisotopic (exact) mass is 396 g/mol. The van der Waals surface area contributed by atoms with Gasteiger partial charge < -0.3 is 9.64 Å². The highest BCUT2D eigenvalue weighted by Crippen LogP contribution is 2.25. The maximum Gasteiger partial charge on any atom is 0.127 e. The van der Waals surface area contributed by atoms with Gasteiger partial charge in [0.15, 0.2) is 0 Å². The van der Waals surface area contributed by atoms with Gasteiger partial charge in [0, 0.05) is 43.4 Å². The molecular weight excluding hydrogens is 375 g/mol. The molecule has 0 radical (unpaired) electrons. The van der Waals surface area contributed by atoms with Gasteiger partial charge in [-0.25, -0.2) is 4.39 Å². The fourth-order valence-electron chi connectivity index (χ4n) is 3.42. The summed E-state index contributed by atoms with van der Waals surface area (Å²) in [5, 5.41) is 0.695. The van der Waals surface area contributed by atoms with E-state index in [1.165, 1.54) is 17.7 Å². The van der Waals surface area contributed by atoms with Gasteiger partial charge in [-0.2, -0.15) is 0 Å². The first-order valence-electron chi connectivity index (χ1n) is 9.41. The number of anilines is 1. The molecule has 1 saturated heterocycles. The molecule has 1 aliphatic heterocycles. The lowest BCUT2D eigenvalue weighted by Gasteiger charge is -2.36. The summed E-state index contributed by atoms with van der Waals surface area (Å²) >= 11 is 5.92. The van der Waals surface area contributed by atoms with Crippen LogP contribution in [0.2, 0.25) is 5.02 Å². The lowest BCUT2D eigenvalue weighted by molar-refractivity contribution is 0.249. The van der Waals surface area contributed by atoms with Crippen molar-refractivity contribution in [3.63, 3.8) is 0 Å². The molecular formula is C23H22ClFN2O. The minimum Gasteiger partial charge on any atom is -0.457 e. The fourth-order valence-corrected chi connectivity index (χ4v) is 3.55. The first-order chi connectivity index (χ1) is 13.7. The summed E-state index contributed by atoms with van der Waals surface area (Å²) in [7, 11) is 0. The van der Waals surface area contributed by atoms with E-state index in [9.17, 15) is 4.39 Å². The fraction of sp³-hybridized carbons (Fsp3) is 0.217. The van der Waals surface area contributed by atoms with Crippen LogP contribution in [-0.2, 0) is 6.54 Å². The van der Waals surface area contributed by atoms with Crippen LogP contribution in [0, 0.1) is 5.82 Å². The van der Waals surface area contributed by atoms with E-state index in [0.29, 0.717) is 5.02 Å². The number of halogens is 2. The van der Waals surface area contributed by atoms with Crippen LogP contribution in [0.5, 0.6) is 11.5 Å². The highest BCUT2D eigenvalue weighted by molar-refractivity contribution is 6.30. The lowest BCUT2D eigenvalue weighted by Crippen LogP contribution is -2.45. The van der Waals surface area contributed by atoms with Crippen LogP contribution in [0.1, 0.15) is 5.56 Å². The Morgan fingerprint density at radius 1 is 0.821 bits per heavy atom. The van der Waals surface area contributed by atoms with Crippen molar-refractivity contribution in [3.8, 4) is 11.5 Å². The first-order valence-corrected chi connectivity index (χ1v) is 9.79. The van der Waals surface area contributed by atoms with Gasteiger partial charge in [0.1, 0.15) is 17.3 Å². The third kappa shape index (κ3) is 4.83. The molecule has 0 atom stereocenters. The molecule has 0 saturated carbocycles. The van der Waals surface area contributed by atoms with Crippen molar-refractivity contribution in [2.45, 2.75) is 6.54 Å². The molecule has 28 heavy (non-hydrogen) atoms. The van der Waals surface area contributed by atoms with Gasteiger partial charge in [0.2, 0.25) is 0 Å². The van der Waals surface area contributed by atoms with Gasteiger partial charge >= 0.3 is 0 Å². The van der Waals surface area contributed by atoms with Crippen molar-refractivity contribution in [3.05, 3.63) is 89.2 Å². The van der Waals surface area contributed by atoms with E-state index in [1.807, 2.05) is 48.5 Å². The second-order valence-corrected chi connectivity index (χ2v) is 7.38. The van der Waals surface area contributed by atoms with Crippen molar-refractivity contribution in [1.82, 2.24) is 4.90 Å². The first kappa shape index (κ1) is 18.8. The average Bonchev–Trinajstić information content (AvgIpc) is 2.71. The average molecular weight is 397 g/mol. The molecule has 5 heteroatoms. The van der Waals surface area contributed by atoms with Crippen molar-refractivity contribution >= 4 is 17.3 Å². The van der Waals surface area contributed by atoms with Gasteiger partial charge in [0.25, 0.3) is 0 Å². The standard InChI is InChI=1S/C23H22ClFN2O/c24-19-4-10-22(11-5-19)28-23-3-1-2-18(16-23)17-26-12-14-27(15-13-26)21-8-6-20(25)7-9-21/h1-11,16H,12-15,17H2. The minimum atomic E-state index is -0.192. The molecule has 0 aromatic heterocycles. The summed E-state index contributed by atoms with van der Waals surface area (Å²) in [5.74, 6) is 1.40. The summed E-state index contributed by atoms with van der Waals surface area (Å²) in [6.07, 6.45) is 0. The van der Waals surface area contributed by atoms with E-state index < -0.39 is 0 Å². The summed E-state index contributed by atoms with van der Waals surface area (Å²) in [6, 6.07) is 22.3. The lowest BCUT2D eigenvalue weighted by atomic mass is 10.1. The topological polar surface area (TPSA) is 15.7 Å². The third-order valence-corrected chi connectivity index (χ3v) is 5.17. The van der Waals surface area contributed by atoms with Gasteiger partial charge in [-0.3, -0.25) is 4.90 Å². The molecule has 144 valence electrons. The molecule has 3 nitrogen and oxygen atoms in total. The number of rotatable bonds is 5. The third-order valence-electron chi connectivity index (χ3n) is 4.92. The highest BCUT2D eigenvalue weighted by atomic mass is 35.5. The van der Waals surface area contributed by atoms with Crippen LogP contribution < -0.4 is 9.64 Å². The Bertz CT molecular complexity index is 907. The Kier molecular flexibility index (Phi) is 5.79. The molecule has 0 unspecified atom stereocenters. The number of hydrogen-bond donors (Lipinski definition) is 0. The second-order valence-electron chi connectivity index (χ2n) is 6.94. The molecule has 0 N–H and O–H groups in total. The number of hydrogen-bond acceptors (Lipinski definition) is 3. The zero-order valence-electron chi connectivity index (χ0n) is 15.5. The molecule has 0 bridgehead atoms. The van der Waals surface area contributed by atoms with Crippen LogP contribution in [0.15, 0.2) is 72.8 Å². The maximum atomic E-state index is 13.1. The molecule has 1 fully saturated rings. The molecule has 3 aromatic rings. The Balaban J connectivity index is 1.33. The van der Waals surface area contributed by atoms with Gasteiger partial charge in [-0.15, -0.1) is 0 Å². The molecule has 1 aliphatic rings. The minimum absolute atomic E-state index is 0.192. The van der Waals surface area contributed by atoms with Crippen LogP contribution in [0.3, 0.4) is 0 Å². The van der Waals surface area contributed by atoms with E-state index in [4.69, 9.17) is 16.3 Å². The Morgan fingerprint density at radius 2 is 1.54 bits per heavy atom. The number of benzene rings is 3. The summed E-state index contributed by atoms with van der Waals surface area (Å²) < 4.78 is 19.0. The normalized spacial score (nSPS) is 14.9. The maximum absolute atomic E-state index is 13.1. The van der Waals surface area contributed by atoms with Gasteiger partial charge in [-0.05, 0) is 66.2 Å². The quantitative estimate of drug-likeness (QED) is 0.558. The Hall–Kier alpha value is -2.56. The molecule has 3 aromatic carbocycles. The predicted octanol–water partition coefficient (Wildman–Crippen LogP) is 5.59. The summed E-state index contributed by atoms with van der Waals surface area (Å²) in [4.78, 5) is 4.73. The zero-order valence-corrected chi connectivity index (χ0v) is 16.3. The van der Waals surface area contributed by atoms with Crippen LogP contribution >= 0.6 is 11.6 Å². The molecule has 0 aliphatic carbocycles. The van der Waals surface area contributed by atoms with Gasteiger partial charge in [0.05, 0.1) is 0 Å². The number of piperazine rings is 1. The van der Waals surface area contributed by atoms with Crippen molar-refractivity contribution in [2.75, 3.05) is 31.1 Å². The van der Waals surface area contributed by atoms with E-state index in [1.54, 1.807) is 0 Å². The molecule has 0 amide bonds. The predicted molar refractivity (Wildman–Crippen MR) is 112 cm³/mol. The number of ether oxygens (including phenoxy) is 1.